The van der Waals surface area contributed by atoms with Crippen LogP contribution in [0.15, 0.2) is 24.3 Å². The fourth-order valence-corrected chi connectivity index (χ4v) is 4.63. The first-order valence-corrected chi connectivity index (χ1v) is 9.42. The molecule has 0 N–H and O–H groups in total. The van der Waals surface area contributed by atoms with E-state index in [0.29, 0.717) is 0 Å². The van der Waals surface area contributed by atoms with Gasteiger partial charge in [-0.15, -0.1) is 0 Å². The Morgan fingerprint density at radius 2 is 1.54 bits per heavy atom. The Hall–Kier alpha value is -2.44. The molecule has 0 aromatic heterocycles. The predicted octanol–water partition coefficient (Wildman–Crippen LogP) is 3.52. The van der Waals surface area contributed by atoms with Crippen molar-refractivity contribution in [3.05, 3.63) is 46.5 Å². The summed E-state index contributed by atoms with van der Waals surface area (Å²) >= 11 is 0. The first-order valence-electron chi connectivity index (χ1n) is 9.42. The van der Waals surface area contributed by atoms with Crippen LogP contribution in [0.1, 0.15) is 34.4 Å². The second kappa shape index (κ2) is 7.53. The molecule has 2 heterocycles. The molecule has 0 aliphatic carbocycles. The fourth-order valence-electron chi connectivity index (χ4n) is 4.63. The van der Waals surface area contributed by atoms with Crippen molar-refractivity contribution < 1.29 is 23.7 Å². The van der Waals surface area contributed by atoms with Gasteiger partial charge in [0.05, 0.1) is 34.5 Å². The van der Waals surface area contributed by atoms with E-state index in [1.165, 1.54) is 11.1 Å². The molecule has 150 valence electrons. The van der Waals surface area contributed by atoms with E-state index in [0.717, 1.165) is 53.6 Å². The van der Waals surface area contributed by atoms with Crippen LogP contribution in [0.4, 0.5) is 0 Å². The highest BCUT2D eigenvalue weighted by atomic mass is 16.5. The third-order valence-electron chi connectivity index (χ3n) is 5.92. The third kappa shape index (κ3) is 2.79. The van der Waals surface area contributed by atoms with Gasteiger partial charge in [0.1, 0.15) is 6.10 Å². The molecule has 2 unspecified atom stereocenters. The SMILES string of the molecule is COc1cc2c(cc1OC)C1C(OC)c3ccc(OC)c(OC)c3CN1CC2. The van der Waals surface area contributed by atoms with Crippen LogP contribution in [0.3, 0.4) is 0 Å². The summed E-state index contributed by atoms with van der Waals surface area (Å²) in [4.78, 5) is 2.45. The highest BCUT2D eigenvalue weighted by Crippen LogP contribution is 2.51. The summed E-state index contributed by atoms with van der Waals surface area (Å²) in [6.45, 7) is 1.72. The van der Waals surface area contributed by atoms with Crippen LogP contribution in [-0.4, -0.2) is 47.0 Å². The molecule has 2 atom stereocenters. The molecule has 2 aromatic rings. The van der Waals surface area contributed by atoms with E-state index in [4.69, 9.17) is 23.7 Å². The minimum absolute atomic E-state index is 0.110. The number of fused-ring (bicyclic) bond motifs is 4. The molecule has 4 rings (SSSR count). The molecular weight excluding hydrogens is 358 g/mol. The number of rotatable bonds is 5. The Kier molecular flexibility index (Phi) is 5.08. The molecule has 0 saturated heterocycles. The van der Waals surface area contributed by atoms with Gasteiger partial charge < -0.3 is 23.7 Å². The Bertz CT molecular complexity index is 882. The van der Waals surface area contributed by atoms with Crippen LogP contribution in [0.5, 0.6) is 23.0 Å². The van der Waals surface area contributed by atoms with Crippen LogP contribution >= 0.6 is 0 Å². The fraction of sp³-hybridized carbons (Fsp3) is 0.455. The zero-order valence-electron chi connectivity index (χ0n) is 17.1. The van der Waals surface area contributed by atoms with E-state index in [-0.39, 0.29) is 12.1 Å². The molecular formula is C22H27NO5. The summed E-state index contributed by atoms with van der Waals surface area (Å²) in [6, 6.07) is 8.36. The molecule has 2 aliphatic heterocycles. The molecule has 0 bridgehead atoms. The molecule has 2 aromatic carbocycles. The minimum Gasteiger partial charge on any atom is -0.493 e. The molecule has 6 heteroatoms. The zero-order chi connectivity index (χ0) is 19.8. The van der Waals surface area contributed by atoms with Crippen LogP contribution in [0.2, 0.25) is 0 Å². The summed E-state index contributed by atoms with van der Waals surface area (Å²) in [6.07, 6.45) is 0.838. The van der Waals surface area contributed by atoms with E-state index < -0.39 is 0 Å². The van der Waals surface area contributed by atoms with Gasteiger partial charge in [-0.1, -0.05) is 6.07 Å². The lowest BCUT2D eigenvalue weighted by atomic mass is 9.81. The Morgan fingerprint density at radius 1 is 0.821 bits per heavy atom. The second-order valence-electron chi connectivity index (χ2n) is 7.10. The maximum atomic E-state index is 6.04. The second-order valence-corrected chi connectivity index (χ2v) is 7.10. The maximum Gasteiger partial charge on any atom is 0.165 e. The summed E-state index contributed by atoms with van der Waals surface area (Å²) in [5.74, 6) is 3.05. The Morgan fingerprint density at radius 3 is 2.18 bits per heavy atom. The molecule has 0 saturated carbocycles. The summed E-state index contributed by atoms with van der Waals surface area (Å²) in [7, 11) is 8.47. The van der Waals surface area contributed by atoms with Gasteiger partial charge in [0.2, 0.25) is 0 Å². The molecule has 0 amide bonds. The number of nitrogens with zero attached hydrogens (tertiary/aromatic N) is 1. The van der Waals surface area contributed by atoms with E-state index >= 15 is 0 Å². The summed E-state index contributed by atoms with van der Waals surface area (Å²) < 4.78 is 28.3. The van der Waals surface area contributed by atoms with Crippen LogP contribution in [-0.2, 0) is 17.7 Å². The highest BCUT2D eigenvalue weighted by Gasteiger charge is 2.41. The van der Waals surface area contributed by atoms with E-state index in [1.54, 1.807) is 35.5 Å². The molecule has 0 spiro atoms. The quantitative estimate of drug-likeness (QED) is 0.785. The van der Waals surface area contributed by atoms with Gasteiger partial charge >= 0.3 is 0 Å². The van der Waals surface area contributed by atoms with Crippen molar-refractivity contribution in [2.45, 2.75) is 25.1 Å². The minimum atomic E-state index is -0.110. The zero-order valence-corrected chi connectivity index (χ0v) is 17.1. The lowest BCUT2D eigenvalue weighted by Gasteiger charge is -2.45. The van der Waals surface area contributed by atoms with Crippen molar-refractivity contribution in [3.63, 3.8) is 0 Å². The van der Waals surface area contributed by atoms with Gasteiger partial charge in [0.15, 0.2) is 23.0 Å². The maximum absolute atomic E-state index is 6.04. The van der Waals surface area contributed by atoms with E-state index in [1.807, 2.05) is 6.07 Å². The van der Waals surface area contributed by atoms with Crippen molar-refractivity contribution in [3.8, 4) is 23.0 Å². The van der Waals surface area contributed by atoms with E-state index in [9.17, 15) is 0 Å². The topological polar surface area (TPSA) is 49.4 Å². The van der Waals surface area contributed by atoms with Crippen molar-refractivity contribution in [1.29, 1.82) is 0 Å². The number of hydrogen-bond acceptors (Lipinski definition) is 6. The van der Waals surface area contributed by atoms with Crippen LogP contribution in [0, 0.1) is 0 Å². The van der Waals surface area contributed by atoms with Crippen molar-refractivity contribution >= 4 is 0 Å². The lowest BCUT2D eigenvalue weighted by molar-refractivity contribution is -0.0114. The number of ether oxygens (including phenoxy) is 5. The Labute approximate surface area is 165 Å². The monoisotopic (exact) mass is 385 g/mol. The average molecular weight is 385 g/mol. The first-order chi connectivity index (χ1) is 13.7. The normalized spacial score (nSPS) is 20.6. The van der Waals surface area contributed by atoms with E-state index in [2.05, 4.69) is 23.1 Å². The molecule has 28 heavy (non-hydrogen) atoms. The van der Waals surface area contributed by atoms with Gasteiger partial charge in [0.25, 0.3) is 0 Å². The highest BCUT2D eigenvalue weighted by molar-refractivity contribution is 5.55. The van der Waals surface area contributed by atoms with Crippen molar-refractivity contribution in [2.24, 2.45) is 0 Å². The molecule has 0 fully saturated rings. The van der Waals surface area contributed by atoms with Gasteiger partial charge in [-0.05, 0) is 41.3 Å². The van der Waals surface area contributed by atoms with Crippen molar-refractivity contribution in [2.75, 3.05) is 42.1 Å². The van der Waals surface area contributed by atoms with Crippen molar-refractivity contribution in [1.82, 2.24) is 4.90 Å². The smallest absolute Gasteiger partial charge is 0.165 e. The lowest BCUT2D eigenvalue weighted by Crippen LogP contribution is -2.42. The summed E-state index contributed by atoms with van der Waals surface area (Å²) in [5.41, 5.74) is 4.79. The first kappa shape index (κ1) is 18.9. The largest absolute Gasteiger partial charge is 0.493 e. The summed E-state index contributed by atoms with van der Waals surface area (Å²) in [5, 5.41) is 0. The average Bonchev–Trinajstić information content (AvgIpc) is 2.75. The van der Waals surface area contributed by atoms with Gasteiger partial charge in [-0.2, -0.15) is 0 Å². The third-order valence-corrected chi connectivity index (χ3v) is 5.92. The van der Waals surface area contributed by atoms with Gasteiger partial charge in [0, 0.05) is 25.8 Å². The van der Waals surface area contributed by atoms with Gasteiger partial charge in [-0.3, -0.25) is 4.90 Å². The number of benzene rings is 2. The number of hydrogen-bond donors (Lipinski definition) is 0. The van der Waals surface area contributed by atoms with Crippen LogP contribution in [0.25, 0.3) is 0 Å². The van der Waals surface area contributed by atoms with Crippen LogP contribution < -0.4 is 18.9 Å². The van der Waals surface area contributed by atoms with Gasteiger partial charge in [-0.25, -0.2) is 0 Å². The molecule has 6 nitrogen and oxygen atoms in total. The Balaban J connectivity index is 1.86. The molecule has 2 aliphatic rings. The predicted molar refractivity (Wildman–Crippen MR) is 106 cm³/mol. The standard InChI is InChI=1S/C22H27NO5/c1-24-17-7-6-14-16(21(17)27-4)12-23-9-8-13-10-18(25-2)19(26-3)11-15(13)20(23)22(14)28-5/h6-7,10-11,20,22H,8-9,12H2,1-5H3. The number of methoxy groups -OCH3 is 5. The molecule has 0 radical (unpaired) electrons.